The van der Waals surface area contributed by atoms with Gasteiger partial charge in [0.25, 0.3) is 0 Å². The van der Waals surface area contributed by atoms with E-state index in [1.807, 2.05) is 4.90 Å². The molecular weight excluding hydrogens is 367 g/mol. The van der Waals surface area contributed by atoms with Gasteiger partial charge < -0.3 is 9.80 Å². The fourth-order valence-electron chi connectivity index (χ4n) is 2.70. The number of carbonyl (C=O) groups excluding carboxylic acids is 1. The number of benzene rings is 1. The van der Waals surface area contributed by atoms with Crippen molar-refractivity contribution in [1.29, 1.82) is 0 Å². The molecule has 10 heteroatoms. The summed E-state index contributed by atoms with van der Waals surface area (Å²) >= 11 is 1.26. The summed E-state index contributed by atoms with van der Waals surface area (Å²) < 4.78 is 38.5. The van der Waals surface area contributed by atoms with Crippen molar-refractivity contribution in [3.63, 3.8) is 0 Å². The summed E-state index contributed by atoms with van der Waals surface area (Å²) in [4.78, 5) is 20.0. The van der Waals surface area contributed by atoms with Gasteiger partial charge in [0.1, 0.15) is 5.82 Å². The fraction of sp³-hybridized carbons (Fsp3) is 0.438. The number of aryl methyl sites for hydroxylation is 1. The van der Waals surface area contributed by atoms with Crippen LogP contribution in [-0.2, 0) is 11.0 Å². The fourth-order valence-corrected chi connectivity index (χ4v) is 3.44. The molecule has 1 aromatic heterocycles. The van der Waals surface area contributed by atoms with Gasteiger partial charge in [-0.15, -0.1) is 5.10 Å². The minimum absolute atomic E-state index is 0.0267. The minimum atomic E-state index is -4.36. The number of amides is 1. The van der Waals surface area contributed by atoms with Crippen molar-refractivity contribution in [1.82, 2.24) is 20.1 Å². The first-order chi connectivity index (χ1) is 12.3. The summed E-state index contributed by atoms with van der Waals surface area (Å²) in [6.45, 7) is 3.73. The van der Waals surface area contributed by atoms with Crippen LogP contribution < -0.4 is 4.90 Å². The summed E-state index contributed by atoms with van der Waals surface area (Å²) in [5.41, 5.74) is -0.135. The van der Waals surface area contributed by atoms with Crippen LogP contribution in [0.2, 0.25) is 0 Å². The van der Waals surface area contributed by atoms with Gasteiger partial charge in [-0.05, 0) is 25.1 Å². The lowest BCUT2D eigenvalue weighted by Gasteiger charge is -2.36. The summed E-state index contributed by atoms with van der Waals surface area (Å²) in [5, 5.41) is 7.21. The smallest absolute Gasteiger partial charge is 0.368 e. The SMILES string of the molecule is Cc1nc(SCC(=O)N2CCN(c3cccc(C(F)(F)F)c3)CC2)n[nH]1. The normalized spacial score (nSPS) is 15.4. The van der Waals surface area contributed by atoms with Crippen LogP contribution in [0.1, 0.15) is 11.4 Å². The highest BCUT2D eigenvalue weighted by Crippen LogP contribution is 2.31. The van der Waals surface area contributed by atoms with Gasteiger partial charge in [0.15, 0.2) is 0 Å². The lowest BCUT2D eigenvalue weighted by molar-refractivity contribution is -0.137. The Kier molecular flexibility index (Phi) is 5.40. The van der Waals surface area contributed by atoms with Crippen LogP contribution >= 0.6 is 11.8 Å². The Labute approximate surface area is 152 Å². The van der Waals surface area contributed by atoms with E-state index in [-0.39, 0.29) is 11.7 Å². The summed E-state index contributed by atoms with van der Waals surface area (Å²) in [5.74, 6) is 0.900. The zero-order valence-corrected chi connectivity index (χ0v) is 14.9. The van der Waals surface area contributed by atoms with Crippen LogP contribution in [0.3, 0.4) is 0 Å². The maximum atomic E-state index is 12.8. The van der Waals surface area contributed by atoms with Gasteiger partial charge in [-0.1, -0.05) is 17.8 Å². The molecule has 1 saturated heterocycles. The number of aromatic nitrogens is 3. The molecule has 1 N–H and O–H groups in total. The van der Waals surface area contributed by atoms with E-state index in [1.165, 1.54) is 17.8 Å². The number of anilines is 1. The Morgan fingerprint density at radius 1 is 1.27 bits per heavy atom. The van der Waals surface area contributed by atoms with E-state index in [0.717, 1.165) is 12.1 Å². The van der Waals surface area contributed by atoms with Crippen molar-refractivity contribution in [2.24, 2.45) is 0 Å². The molecule has 2 aromatic rings. The van der Waals surface area contributed by atoms with E-state index in [1.54, 1.807) is 17.9 Å². The highest BCUT2D eigenvalue weighted by molar-refractivity contribution is 7.99. The number of nitrogens with zero attached hydrogens (tertiary/aromatic N) is 4. The van der Waals surface area contributed by atoms with Gasteiger partial charge in [0, 0.05) is 31.9 Å². The van der Waals surface area contributed by atoms with Crippen molar-refractivity contribution in [3.05, 3.63) is 35.7 Å². The Morgan fingerprint density at radius 3 is 2.62 bits per heavy atom. The molecule has 1 aliphatic heterocycles. The maximum absolute atomic E-state index is 12.8. The lowest BCUT2D eigenvalue weighted by Crippen LogP contribution is -2.49. The molecule has 0 radical (unpaired) electrons. The standard InChI is InChI=1S/C16H18F3N5OS/c1-11-20-15(22-21-11)26-10-14(25)24-7-5-23(6-8-24)13-4-2-3-12(9-13)16(17,18)19/h2-4,9H,5-8,10H2,1H3,(H,20,21,22). The first-order valence-electron chi connectivity index (χ1n) is 8.05. The number of rotatable bonds is 4. The number of hydrogen-bond acceptors (Lipinski definition) is 5. The molecule has 6 nitrogen and oxygen atoms in total. The predicted octanol–water partition coefficient (Wildman–Crippen LogP) is 2.57. The monoisotopic (exact) mass is 385 g/mol. The number of nitrogens with one attached hydrogen (secondary N) is 1. The van der Waals surface area contributed by atoms with E-state index in [9.17, 15) is 18.0 Å². The van der Waals surface area contributed by atoms with Crippen LogP contribution in [-0.4, -0.2) is 57.9 Å². The number of aromatic amines is 1. The van der Waals surface area contributed by atoms with E-state index >= 15 is 0 Å². The lowest BCUT2D eigenvalue weighted by atomic mass is 10.1. The third-order valence-corrected chi connectivity index (χ3v) is 4.90. The van der Waals surface area contributed by atoms with Crippen molar-refractivity contribution >= 4 is 23.4 Å². The van der Waals surface area contributed by atoms with Gasteiger partial charge >= 0.3 is 6.18 Å². The van der Waals surface area contributed by atoms with Gasteiger partial charge in [-0.25, -0.2) is 4.98 Å². The van der Waals surface area contributed by atoms with Gasteiger partial charge in [0.05, 0.1) is 11.3 Å². The average Bonchev–Trinajstić information content (AvgIpc) is 3.04. The molecule has 26 heavy (non-hydrogen) atoms. The van der Waals surface area contributed by atoms with Gasteiger partial charge in [-0.2, -0.15) is 13.2 Å². The second kappa shape index (κ2) is 7.56. The van der Waals surface area contributed by atoms with Crippen molar-refractivity contribution in [2.45, 2.75) is 18.3 Å². The van der Waals surface area contributed by atoms with Crippen LogP contribution in [0.5, 0.6) is 0 Å². The number of hydrogen-bond donors (Lipinski definition) is 1. The minimum Gasteiger partial charge on any atom is -0.368 e. The Balaban J connectivity index is 1.53. The van der Waals surface area contributed by atoms with Crippen LogP contribution in [0.4, 0.5) is 18.9 Å². The van der Waals surface area contributed by atoms with Crippen molar-refractivity contribution in [3.8, 4) is 0 Å². The summed E-state index contributed by atoms with van der Waals surface area (Å²) in [6.07, 6.45) is -4.36. The molecule has 0 bridgehead atoms. The largest absolute Gasteiger partial charge is 0.416 e. The third-order valence-electron chi connectivity index (χ3n) is 4.07. The molecule has 0 spiro atoms. The highest BCUT2D eigenvalue weighted by Gasteiger charge is 2.31. The van der Waals surface area contributed by atoms with E-state index in [0.29, 0.717) is 42.8 Å². The molecule has 1 amide bonds. The quantitative estimate of drug-likeness (QED) is 0.820. The first-order valence-corrected chi connectivity index (χ1v) is 9.03. The molecule has 0 aliphatic carbocycles. The molecule has 2 heterocycles. The van der Waals surface area contributed by atoms with Crippen LogP contribution in [0.25, 0.3) is 0 Å². The summed E-state index contributed by atoms with van der Waals surface area (Å²) in [7, 11) is 0. The number of halogens is 3. The number of carbonyl (C=O) groups is 1. The molecule has 0 atom stereocenters. The summed E-state index contributed by atoms with van der Waals surface area (Å²) in [6, 6.07) is 5.28. The van der Waals surface area contributed by atoms with Crippen molar-refractivity contribution < 1.29 is 18.0 Å². The molecule has 1 aliphatic rings. The molecular formula is C16H18F3N5OS. The van der Waals surface area contributed by atoms with Gasteiger partial charge in [-0.3, -0.25) is 9.89 Å². The number of thioether (sulfide) groups is 1. The molecule has 0 unspecified atom stereocenters. The zero-order chi connectivity index (χ0) is 18.7. The Bertz CT molecular complexity index is 771. The topological polar surface area (TPSA) is 65.1 Å². The zero-order valence-electron chi connectivity index (χ0n) is 14.1. The average molecular weight is 385 g/mol. The van der Waals surface area contributed by atoms with E-state index in [4.69, 9.17) is 0 Å². The number of piperazine rings is 1. The Morgan fingerprint density at radius 2 is 2.00 bits per heavy atom. The second-order valence-electron chi connectivity index (χ2n) is 5.91. The maximum Gasteiger partial charge on any atom is 0.416 e. The van der Waals surface area contributed by atoms with Gasteiger partial charge in [0.2, 0.25) is 11.1 Å². The molecule has 1 aromatic carbocycles. The van der Waals surface area contributed by atoms with Crippen molar-refractivity contribution in [2.75, 3.05) is 36.8 Å². The van der Waals surface area contributed by atoms with Crippen LogP contribution in [0.15, 0.2) is 29.4 Å². The highest BCUT2D eigenvalue weighted by atomic mass is 32.2. The van der Waals surface area contributed by atoms with E-state index < -0.39 is 11.7 Å². The number of alkyl halides is 3. The molecule has 1 fully saturated rings. The first kappa shape index (κ1) is 18.6. The molecule has 3 rings (SSSR count). The Hall–Kier alpha value is -2.23. The third kappa shape index (κ3) is 4.48. The molecule has 0 saturated carbocycles. The molecule has 140 valence electrons. The second-order valence-corrected chi connectivity index (χ2v) is 6.85. The number of H-pyrrole nitrogens is 1. The predicted molar refractivity (Wildman–Crippen MR) is 92.1 cm³/mol. The van der Waals surface area contributed by atoms with Crippen LogP contribution in [0, 0.1) is 6.92 Å². The van der Waals surface area contributed by atoms with E-state index in [2.05, 4.69) is 15.2 Å².